The summed E-state index contributed by atoms with van der Waals surface area (Å²) in [5.74, 6) is -2.82. The molecule has 0 saturated heterocycles. The minimum atomic E-state index is -1.03. The summed E-state index contributed by atoms with van der Waals surface area (Å²) in [4.78, 5) is 22.8. The van der Waals surface area contributed by atoms with Crippen molar-refractivity contribution >= 4 is 11.9 Å². The molecule has 0 aromatic heterocycles. The van der Waals surface area contributed by atoms with E-state index in [9.17, 15) is 19.8 Å². The lowest BCUT2D eigenvalue weighted by molar-refractivity contribution is -0.138. The Kier molecular flexibility index (Phi) is 3.88. The van der Waals surface area contributed by atoms with Crippen LogP contribution in [0.5, 0.6) is 0 Å². The quantitative estimate of drug-likeness (QED) is 0.802. The molecule has 4 nitrogen and oxygen atoms in total. The van der Waals surface area contributed by atoms with Gasteiger partial charge in [0.1, 0.15) is 5.92 Å². The molecule has 2 N–H and O–H groups in total. The Balaban J connectivity index is 2.56. The molecule has 0 aromatic rings. The molecule has 102 valence electrons. The molecule has 0 bridgehead atoms. The van der Waals surface area contributed by atoms with E-state index in [1.54, 1.807) is 19.1 Å². The third kappa shape index (κ3) is 2.62. The van der Waals surface area contributed by atoms with Gasteiger partial charge in [-0.1, -0.05) is 24.1 Å². The molecule has 0 aromatic carbocycles. The third-order valence-corrected chi connectivity index (χ3v) is 3.83. The number of allylic oxidation sites excluding steroid dienone is 3. The highest BCUT2D eigenvalue weighted by Gasteiger charge is 2.32. The van der Waals surface area contributed by atoms with E-state index in [1.165, 1.54) is 0 Å². The highest BCUT2D eigenvalue weighted by Crippen LogP contribution is 2.37. The average Bonchev–Trinajstić information content (AvgIpc) is 2.38. The van der Waals surface area contributed by atoms with E-state index in [-0.39, 0.29) is 5.57 Å². The van der Waals surface area contributed by atoms with Gasteiger partial charge in [0.05, 0.1) is 5.57 Å². The van der Waals surface area contributed by atoms with Crippen LogP contribution in [-0.2, 0) is 9.59 Å². The van der Waals surface area contributed by atoms with E-state index >= 15 is 0 Å². The zero-order chi connectivity index (χ0) is 14.0. The van der Waals surface area contributed by atoms with Crippen molar-refractivity contribution in [3.8, 4) is 0 Å². The highest BCUT2D eigenvalue weighted by atomic mass is 16.4. The first-order valence-corrected chi connectivity index (χ1v) is 6.60. The van der Waals surface area contributed by atoms with Gasteiger partial charge in [-0.3, -0.25) is 4.79 Å². The van der Waals surface area contributed by atoms with Crippen LogP contribution in [0.1, 0.15) is 39.0 Å². The Morgan fingerprint density at radius 2 is 1.79 bits per heavy atom. The number of rotatable bonds is 2. The lowest BCUT2D eigenvalue weighted by Crippen LogP contribution is -2.24. The second-order valence-corrected chi connectivity index (χ2v) is 5.12. The summed E-state index contributed by atoms with van der Waals surface area (Å²) in [6, 6.07) is 0. The van der Waals surface area contributed by atoms with Gasteiger partial charge in [-0.2, -0.15) is 0 Å². The molecule has 1 atom stereocenters. The van der Waals surface area contributed by atoms with Gasteiger partial charge in [-0.15, -0.1) is 0 Å². The average molecular weight is 262 g/mol. The lowest BCUT2D eigenvalue weighted by atomic mass is 9.78. The van der Waals surface area contributed by atoms with Gasteiger partial charge in [-0.05, 0) is 43.8 Å². The minimum Gasteiger partial charge on any atom is -0.481 e. The summed E-state index contributed by atoms with van der Waals surface area (Å²) in [6.07, 6.45) is 8.00. The van der Waals surface area contributed by atoms with Crippen LogP contribution < -0.4 is 0 Å². The summed E-state index contributed by atoms with van der Waals surface area (Å²) in [5.41, 5.74) is 2.37. The summed E-state index contributed by atoms with van der Waals surface area (Å²) < 4.78 is 0. The van der Waals surface area contributed by atoms with Crippen molar-refractivity contribution in [2.45, 2.75) is 39.0 Å². The van der Waals surface area contributed by atoms with Crippen molar-refractivity contribution in [1.82, 2.24) is 0 Å². The van der Waals surface area contributed by atoms with Crippen LogP contribution in [0, 0.1) is 5.92 Å². The molecule has 2 aliphatic rings. The van der Waals surface area contributed by atoms with Crippen molar-refractivity contribution in [2.75, 3.05) is 0 Å². The van der Waals surface area contributed by atoms with E-state index in [2.05, 4.69) is 0 Å². The smallest absolute Gasteiger partial charge is 0.336 e. The van der Waals surface area contributed by atoms with Crippen LogP contribution in [0.2, 0.25) is 0 Å². The molecule has 0 spiro atoms. The van der Waals surface area contributed by atoms with Gasteiger partial charge in [0.15, 0.2) is 0 Å². The number of carboxylic acids is 2. The second kappa shape index (κ2) is 5.43. The first-order chi connectivity index (χ1) is 9.02. The Bertz CT molecular complexity index is 500. The van der Waals surface area contributed by atoms with Crippen LogP contribution in [0.25, 0.3) is 0 Å². The number of aliphatic carboxylic acids is 2. The molecule has 0 amide bonds. The maximum atomic E-state index is 11.5. The summed E-state index contributed by atoms with van der Waals surface area (Å²) in [7, 11) is 0. The number of carboxylic acid groups (broad SMARTS) is 2. The molecular weight excluding hydrogens is 244 g/mol. The molecule has 19 heavy (non-hydrogen) atoms. The van der Waals surface area contributed by atoms with Crippen LogP contribution in [0.4, 0.5) is 0 Å². The molecule has 0 aliphatic heterocycles. The zero-order valence-corrected chi connectivity index (χ0v) is 11.0. The Morgan fingerprint density at radius 1 is 1.16 bits per heavy atom. The van der Waals surface area contributed by atoms with Crippen LogP contribution >= 0.6 is 0 Å². The van der Waals surface area contributed by atoms with Crippen LogP contribution in [0.15, 0.2) is 34.4 Å². The van der Waals surface area contributed by atoms with Crippen molar-refractivity contribution in [3.05, 3.63) is 34.4 Å². The predicted octanol–water partition coefficient (Wildman–Crippen LogP) is 2.92. The molecular formula is C15H18O4. The maximum Gasteiger partial charge on any atom is 0.336 e. The van der Waals surface area contributed by atoms with E-state index in [4.69, 9.17) is 0 Å². The summed E-state index contributed by atoms with van der Waals surface area (Å²) in [6.45, 7) is 1.72. The van der Waals surface area contributed by atoms with Gasteiger partial charge < -0.3 is 10.2 Å². The van der Waals surface area contributed by atoms with Gasteiger partial charge in [0.2, 0.25) is 0 Å². The largest absolute Gasteiger partial charge is 0.481 e. The fourth-order valence-electron chi connectivity index (χ4n) is 2.92. The fraction of sp³-hybridized carbons (Fsp3) is 0.467. The molecule has 1 fully saturated rings. The number of hydrogen-bond acceptors (Lipinski definition) is 2. The van der Waals surface area contributed by atoms with E-state index in [1.807, 2.05) is 0 Å². The molecule has 1 unspecified atom stereocenters. The Labute approximate surface area is 112 Å². The van der Waals surface area contributed by atoms with Gasteiger partial charge in [0.25, 0.3) is 0 Å². The topological polar surface area (TPSA) is 74.6 Å². The van der Waals surface area contributed by atoms with Crippen molar-refractivity contribution < 1.29 is 19.8 Å². The highest BCUT2D eigenvalue weighted by molar-refractivity contribution is 5.97. The normalized spacial score (nSPS) is 23.7. The first kappa shape index (κ1) is 13.6. The predicted molar refractivity (Wildman–Crippen MR) is 70.7 cm³/mol. The molecule has 2 aliphatic carbocycles. The van der Waals surface area contributed by atoms with Gasteiger partial charge in [0, 0.05) is 0 Å². The van der Waals surface area contributed by atoms with Crippen molar-refractivity contribution in [1.29, 1.82) is 0 Å². The molecule has 0 radical (unpaired) electrons. The number of carbonyl (C=O) groups is 2. The summed E-state index contributed by atoms with van der Waals surface area (Å²) >= 11 is 0. The van der Waals surface area contributed by atoms with Crippen molar-refractivity contribution in [2.24, 2.45) is 5.92 Å². The Hall–Kier alpha value is -1.84. The molecule has 4 heteroatoms. The van der Waals surface area contributed by atoms with Gasteiger partial charge >= 0.3 is 11.9 Å². The van der Waals surface area contributed by atoms with Crippen molar-refractivity contribution in [3.63, 3.8) is 0 Å². The fourth-order valence-corrected chi connectivity index (χ4v) is 2.92. The summed E-state index contributed by atoms with van der Waals surface area (Å²) in [5, 5.41) is 18.7. The third-order valence-electron chi connectivity index (χ3n) is 3.83. The molecule has 1 saturated carbocycles. The first-order valence-electron chi connectivity index (χ1n) is 6.60. The SMILES string of the molecule is CC1=C(C(=O)O)C(=C2CCCCC2)C(C(=O)O)C=C1. The monoisotopic (exact) mass is 262 g/mol. The van der Waals surface area contributed by atoms with E-state index in [0.29, 0.717) is 11.1 Å². The second-order valence-electron chi connectivity index (χ2n) is 5.12. The van der Waals surface area contributed by atoms with Gasteiger partial charge in [-0.25, -0.2) is 4.79 Å². The zero-order valence-electron chi connectivity index (χ0n) is 11.0. The lowest BCUT2D eigenvalue weighted by Gasteiger charge is -2.26. The molecule has 0 heterocycles. The standard InChI is InChI=1S/C15H18O4/c1-9-7-8-11(14(16)17)13(12(9)15(18)19)10-5-3-2-4-6-10/h7-8,11H,2-6H2,1H3,(H,16,17)(H,18,19). The number of hydrogen-bond donors (Lipinski definition) is 2. The maximum absolute atomic E-state index is 11.5. The Morgan fingerprint density at radius 3 is 2.32 bits per heavy atom. The van der Waals surface area contributed by atoms with Crippen LogP contribution in [0.3, 0.4) is 0 Å². The van der Waals surface area contributed by atoms with E-state index in [0.717, 1.165) is 37.7 Å². The van der Waals surface area contributed by atoms with E-state index < -0.39 is 17.9 Å². The molecule has 2 rings (SSSR count). The van der Waals surface area contributed by atoms with Crippen LogP contribution in [-0.4, -0.2) is 22.2 Å². The minimum absolute atomic E-state index is 0.187.